The lowest BCUT2D eigenvalue weighted by Crippen LogP contribution is -2.29. The first-order chi connectivity index (χ1) is 18.3. The summed E-state index contributed by atoms with van der Waals surface area (Å²) in [7, 11) is 1.53. The highest BCUT2D eigenvalue weighted by Gasteiger charge is 2.19. The van der Waals surface area contributed by atoms with Crippen molar-refractivity contribution in [3.8, 4) is 0 Å². The molecule has 1 amide bonds. The number of allylic oxidation sites excluding steroid dienone is 2. The van der Waals surface area contributed by atoms with Crippen molar-refractivity contribution < 1.29 is 9.53 Å². The minimum Gasteiger partial charge on any atom is -0.500 e. The van der Waals surface area contributed by atoms with Crippen molar-refractivity contribution in [2.24, 2.45) is 21.9 Å². The van der Waals surface area contributed by atoms with Gasteiger partial charge in [-0.2, -0.15) is 0 Å². The summed E-state index contributed by atoms with van der Waals surface area (Å²) in [6, 6.07) is 4.99. The normalized spacial score (nSPS) is 12.4. The van der Waals surface area contributed by atoms with E-state index in [1.54, 1.807) is 42.4 Å². The molecule has 2 aromatic rings. The van der Waals surface area contributed by atoms with Gasteiger partial charge in [-0.15, -0.1) is 0 Å². The van der Waals surface area contributed by atoms with Crippen LogP contribution in [0.2, 0.25) is 0 Å². The van der Waals surface area contributed by atoms with Crippen molar-refractivity contribution in [2.75, 3.05) is 17.3 Å². The Hall–Kier alpha value is -4.93. The molecule has 7 N–H and O–H groups in total. The molecule has 0 radical (unpaired) electrons. The van der Waals surface area contributed by atoms with Gasteiger partial charge >= 0.3 is 0 Å². The number of aromatic nitrogens is 2. The third-order valence-corrected chi connectivity index (χ3v) is 5.24. The van der Waals surface area contributed by atoms with Crippen LogP contribution in [0.1, 0.15) is 49.3 Å². The van der Waals surface area contributed by atoms with Crippen LogP contribution in [-0.2, 0) is 4.74 Å². The van der Waals surface area contributed by atoms with Crippen LogP contribution < -0.4 is 27.0 Å². The number of nitrogens with two attached hydrogens (primary N) is 2. The largest absolute Gasteiger partial charge is 0.500 e. The second-order valence-electron chi connectivity index (χ2n) is 9.57. The Morgan fingerprint density at radius 3 is 2.51 bits per heavy atom. The average Bonchev–Trinajstić information content (AvgIpc) is 2.86. The first-order valence-electron chi connectivity index (χ1n) is 12.0. The van der Waals surface area contributed by atoms with E-state index in [9.17, 15) is 4.79 Å². The number of amides is 1. The Bertz CT molecular complexity index is 1350. The maximum Gasteiger partial charge on any atom is 0.256 e. The monoisotopic (exact) mass is 531 g/mol. The molecule has 206 valence electrons. The summed E-state index contributed by atoms with van der Waals surface area (Å²) in [6.07, 6.45) is 7.63. The Morgan fingerprint density at radius 2 is 1.95 bits per heavy atom. The van der Waals surface area contributed by atoms with Gasteiger partial charge in [-0.1, -0.05) is 40.0 Å². The summed E-state index contributed by atoms with van der Waals surface area (Å²) in [4.78, 5) is 27.9. The van der Waals surface area contributed by atoms with E-state index in [2.05, 4.69) is 38.8 Å². The van der Waals surface area contributed by atoms with Crippen molar-refractivity contribution in [1.29, 1.82) is 5.41 Å². The molecule has 11 heteroatoms. The first kappa shape index (κ1) is 30.3. The predicted molar refractivity (Wildman–Crippen MR) is 158 cm³/mol. The van der Waals surface area contributed by atoms with E-state index in [0.29, 0.717) is 34.1 Å². The van der Waals surface area contributed by atoms with Gasteiger partial charge in [-0.3, -0.25) is 15.1 Å². The molecule has 2 rings (SSSR count). The van der Waals surface area contributed by atoms with E-state index in [4.69, 9.17) is 21.6 Å². The van der Waals surface area contributed by atoms with Gasteiger partial charge in [0, 0.05) is 35.2 Å². The fourth-order valence-electron chi connectivity index (χ4n) is 3.32. The van der Waals surface area contributed by atoms with Crippen molar-refractivity contribution in [3.63, 3.8) is 0 Å². The van der Waals surface area contributed by atoms with E-state index in [-0.39, 0.29) is 23.0 Å². The molecule has 39 heavy (non-hydrogen) atoms. The minimum atomic E-state index is -0.473. The number of anilines is 2. The standard InChI is InChI=1S/C28H37N9O2/c1-9-32-21-15-33-27(37(10-2)16-18(4)29)36-24(21)25(31)34-20-13-19(12-11-17(20)3)26(38)35-23(30)14-22(39-8)28(5,6)7/h9-16,32H,1-2,29H2,3-8H3,(H2,31,34)(H2,30,35,38)/b18-16-,22-14-. The molecule has 0 aliphatic rings. The van der Waals surface area contributed by atoms with Crippen LogP contribution in [0.5, 0.6) is 0 Å². The zero-order valence-corrected chi connectivity index (χ0v) is 23.3. The van der Waals surface area contributed by atoms with Gasteiger partial charge in [-0.05, 0) is 37.7 Å². The summed E-state index contributed by atoms with van der Waals surface area (Å²) in [5.74, 6) is 0.347. The number of aliphatic imine (C=N–C) groups is 1. The van der Waals surface area contributed by atoms with E-state index in [1.807, 2.05) is 27.7 Å². The summed E-state index contributed by atoms with van der Waals surface area (Å²) in [5, 5.41) is 13.7. The third kappa shape index (κ3) is 8.29. The molecule has 0 spiro atoms. The molecule has 0 saturated heterocycles. The molecule has 1 heterocycles. The van der Waals surface area contributed by atoms with Crippen LogP contribution in [-0.4, -0.2) is 34.7 Å². The zero-order chi connectivity index (χ0) is 29.3. The van der Waals surface area contributed by atoms with E-state index < -0.39 is 5.91 Å². The van der Waals surface area contributed by atoms with Gasteiger partial charge in [0.1, 0.15) is 17.3 Å². The van der Waals surface area contributed by atoms with Crippen LogP contribution in [0.25, 0.3) is 0 Å². The number of benzene rings is 1. The molecule has 0 unspecified atom stereocenters. The molecule has 1 aromatic heterocycles. The SMILES string of the molecule is C=CNc1cnc(N(C=C)/C=C(/C)N)nc1C(N)=Nc1cc(C(=O)NC(=N)/C=C(\OC)C(C)(C)C)ccc1C. The first-order valence-corrected chi connectivity index (χ1v) is 12.0. The Kier molecular flexibility index (Phi) is 10.1. The molecule has 0 atom stereocenters. The number of nitrogens with one attached hydrogen (secondary N) is 3. The topological polar surface area (TPSA) is 168 Å². The number of methoxy groups -OCH3 is 1. The summed E-state index contributed by atoms with van der Waals surface area (Å²) in [5.41, 5.74) is 14.7. The average molecular weight is 532 g/mol. The molecular formula is C28H37N9O2. The van der Waals surface area contributed by atoms with Crippen molar-refractivity contribution in [3.05, 3.63) is 90.5 Å². The molecule has 1 aromatic carbocycles. The third-order valence-electron chi connectivity index (χ3n) is 5.24. The Morgan fingerprint density at radius 1 is 1.26 bits per heavy atom. The van der Waals surface area contributed by atoms with Gasteiger partial charge in [0.2, 0.25) is 5.95 Å². The quantitative estimate of drug-likeness (QED) is 0.170. The van der Waals surface area contributed by atoms with E-state index >= 15 is 0 Å². The molecule has 0 fully saturated rings. The van der Waals surface area contributed by atoms with Gasteiger partial charge in [0.25, 0.3) is 5.91 Å². The number of ether oxygens (including phenoxy) is 1. The Balaban J connectivity index is 2.46. The van der Waals surface area contributed by atoms with Gasteiger partial charge in [0.05, 0.1) is 24.7 Å². The van der Waals surface area contributed by atoms with Crippen molar-refractivity contribution in [2.45, 2.75) is 34.6 Å². The fourth-order valence-corrected chi connectivity index (χ4v) is 3.32. The molecular weight excluding hydrogens is 494 g/mol. The van der Waals surface area contributed by atoms with Gasteiger partial charge < -0.3 is 26.8 Å². The van der Waals surface area contributed by atoms with Crippen molar-refractivity contribution in [1.82, 2.24) is 15.3 Å². The van der Waals surface area contributed by atoms with Crippen LogP contribution >= 0.6 is 0 Å². The molecule has 0 bridgehead atoms. The van der Waals surface area contributed by atoms with E-state index in [0.717, 1.165) is 5.56 Å². The molecule has 0 aliphatic heterocycles. The van der Waals surface area contributed by atoms with Crippen LogP contribution in [0.4, 0.5) is 17.3 Å². The highest BCUT2D eigenvalue weighted by molar-refractivity contribution is 6.09. The van der Waals surface area contributed by atoms with Crippen LogP contribution in [0.3, 0.4) is 0 Å². The van der Waals surface area contributed by atoms with Crippen LogP contribution in [0, 0.1) is 17.7 Å². The maximum absolute atomic E-state index is 12.9. The number of aryl methyl sites for hydroxylation is 1. The number of hydrogen-bond donors (Lipinski definition) is 5. The fraction of sp³-hybridized carbons (Fsp3) is 0.250. The number of amidine groups is 2. The maximum atomic E-state index is 12.9. The smallest absolute Gasteiger partial charge is 0.256 e. The van der Waals surface area contributed by atoms with Gasteiger partial charge in [0.15, 0.2) is 5.84 Å². The lowest BCUT2D eigenvalue weighted by Gasteiger charge is -2.21. The molecule has 0 saturated carbocycles. The second-order valence-corrected chi connectivity index (χ2v) is 9.57. The summed E-state index contributed by atoms with van der Waals surface area (Å²) in [6.45, 7) is 16.9. The second kappa shape index (κ2) is 13.0. The van der Waals surface area contributed by atoms with Crippen LogP contribution in [0.15, 0.2) is 78.7 Å². The van der Waals surface area contributed by atoms with E-state index in [1.165, 1.54) is 25.6 Å². The lowest BCUT2D eigenvalue weighted by atomic mass is 9.93. The zero-order valence-electron chi connectivity index (χ0n) is 23.3. The molecule has 11 nitrogen and oxygen atoms in total. The summed E-state index contributed by atoms with van der Waals surface area (Å²) < 4.78 is 5.37. The number of carbonyl (C=O) groups is 1. The molecule has 0 aliphatic carbocycles. The number of carbonyl (C=O) groups excluding carboxylic acids is 1. The minimum absolute atomic E-state index is 0.0757. The number of nitrogens with zero attached hydrogens (tertiary/aromatic N) is 4. The van der Waals surface area contributed by atoms with Crippen molar-refractivity contribution >= 4 is 34.9 Å². The highest BCUT2D eigenvalue weighted by atomic mass is 16.5. The lowest BCUT2D eigenvalue weighted by molar-refractivity contribution is 0.0977. The Labute approximate surface area is 229 Å². The number of rotatable bonds is 10. The number of hydrogen-bond acceptors (Lipinski definition) is 9. The summed E-state index contributed by atoms with van der Waals surface area (Å²) >= 11 is 0. The predicted octanol–water partition coefficient (Wildman–Crippen LogP) is 4.43. The van der Waals surface area contributed by atoms with Gasteiger partial charge in [-0.25, -0.2) is 15.0 Å². The highest BCUT2D eigenvalue weighted by Crippen LogP contribution is 2.26.